The second-order valence-electron chi connectivity index (χ2n) is 6.80. The summed E-state index contributed by atoms with van der Waals surface area (Å²) in [5.74, 6) is 0.679. The average molecular weight is 379 g/mol. The first-order valence-corrected chi connectivity index (χ1v) is 9.47. The molecule has 2 aliphatic rings. The molecule has 1 atom stereocenters. The van der Waals surface area contributed by atoms with Crippen molar-refractivity contribution >= 4 is 28.7 Å². The predicted octanol–water partition coefficient (Wildman–Crippen LogP) is 2.49. The fourth-order valence-electron chi connectivity index (χ4n) is 3.43. The smallest absolute Gasteiger partial charge is 0.317 e. The molecule has 8 heteroatoms. The Balaban J connectivity index is 1.25. The van der Waals surface area contributed by atoms with Gasteiger partial charge in [-0.3, -0.25) is 4.90 Å². The zero-order valence-corrected chi connectivity index (χ0v) is 15.4. The van der Waals surface area contributed by atoms with Crippen LogP contribution in [-0.2, 0) is 11.3 Å². The summed E-state index contributed by atoms with van der Waals surface area (Å²) in [7, 11) is 0. The fourth-order valence-corrected chi connectivity index (χ4v) is 3.59. The van der Waals surface area contributed by atoms with Gasteiger partial charge >= 0.3 is 6.03 Å². The van der Waals surface area contributed by atoms with Crippen molar-refractivity contribution in [3.05, 3.63) is 29.1 Å². The third-order valence-corrected chi connectivity index (χ3v) is 5.15. The lowest BCUT2D eigenvalue weighted by Gasteiger charge is -2.34. The number of benzene rings is 1. The zero-order valence-electron chi connectivity index (χ0n) is 14.6. The number of halogens is 1. The Kier molecular flexibility index (Phi) is 5.28. The number of urea groups is 1. The van der Waals surface area contributed by atoms with E-state index in [0.717, 1.165) is 38.1 Å². The number of carbonyl (C=O) groups excluding carboxylic acids is 1. The monoisotopic (exact) mass is 378 g/mol. The highest BCUT2D eigenvalue weighted by Gasteiger charge is 2.23. The van der Waals surface area contributed by atoms with Crippen LogP contribution in [0.3, 0.4) is 0 Å². The van der Waals surface area contributed by atoms with E-state index in [9.17, 15) is 4.79 Å². The maximum absolute atomic E-state index is 12.3. The molecule has 1 unspecified atom stereocenters. The lowest BCUT2D eigenvalue weighted by atomic mass is 10.2. The molecule has 2 aliphatic heterocycles. The Morgan fingerprint density at radius 2 is 2.15 bits per heavy atom. The van der Waals surface area contributed by atoms with Crippen molar-refractivity contribution in [3.8, 4) is 0 Å². The van der Waals surface area contributed by atoms with Gasteiger partial charge in [0.2, 0.25) is 5.89 Å². The third-order valence-electron chi connectivity index (χ3n) is 4.92. The minimum Gasteiger partial charge on any atom is -0.439 e. The Morgan fingerprint density at radius 1 is 1.31 bits per heavy atom. The number of hydrogen-bond acceptors (Lipinski definition) is 5. The molecular weight excluding hydrogens is 356 g/mol. The highest BCUT2D eigenvalue weighted by Crippen LogP contribution is 2.21. The van der Waals surface area contributed by atoms with Gasteiger partial charge in [-0.15, -0.1) is 0 Å². The van der Waals surface area contributed by atoms with Gasteiger partial charge in [0.25, 0.3) is 0 Å². The lowest BCUT2D eigenvalue weighted by molar-refractivity contribution is 0.103. The van der Waals surface area contributed by atoms with Crippen LogP contribution in [0.25, 0.3) is 11.1 Å². The molecule has 2 saturated heterocycles. The molecule has 1 aromatic carbocycles. The summed E-state index contributed by atoms with van der Waals surface area (Å²) < 4.78 is 11.3. The zero-order chi connectivity index (χ0) is 17.9. The Labute approximate surface area is 157 Å². The van der Waals surface area contributed by atoms with Crippen molar-refractivity contribution in [1.29, 1.82) is 0 Å². The number of oxazole rings is 1. The van der Waals surface area contributed by atoms with Crippen LogP contribution in [0.15, 0.2) is 22.6 Å². The van der Waals surface area contributed by atoms with Crippen LogP contribution in [0.5, 0.6) is 0 Å². The van der Waals surface area contributed by atoms with Crippen molar-refractivity contribution in [3.63, 3.8) is 0 Å². The summed E-state index contributed by atoms with van der Waals surface area (Å²) in [5, 5.41) is 3.62. The van der Waals surface area contributed by atoms with Crippen LogP contribution < -0.4 is 5.32 Å². The number of aromatic nitrogens is 1. The second kappa shape index (κ2) is 7.82. The molecule has 2 amide bonds. The number of rotatable bonds is 4. The molecule has 0 spiro atoms. The van der Waals surface area contributed by atoms with Gasteiger partial charge in [-0.25, -0.2) is 9.78 Å². The second-order valence-corrected chi connectivity index (χ2v) is 7.24. The fraction of sp³-hybridized carbons (Fsp3) is 0.556. The van der Waals surface area contributed by atoms with Crippen LogP contribution in [0.4, 0.5) is 4.79 Å². The molecule has 0 bridgehead atoms. The number of nitrogens with zero attached hydrogens (tertiary/aromatic N) is 3. The number of piperazine rings is 1. The van der Waals surface area contributed by atoms with E-state index < -0.39 is 0 Å². The molecule has 4 rings (SSSR count). The normalized spacial score (nSPS) is 21.4. The summed E-state index contributed by atoms with van der Waals surface area (Å²) in [6.07, 6.45) is 2.29. The summed E-state index contributed by atoms with van der Waals surface area (Å²) in [4.78, 5) is 20.9. The van der Waals surface area contributed by atoms with Gasteiger partial charge in [0.15, 0.2) is 5.58 Å². The van der Waals surface area contributed by atoms with Gasteiger partial charge in [0, 0.05) is 50.4 Å². The van der Waals surface area contributed by atoms with E-state index in [-0.39, 0.29) is 12.1 Å². The molecule has 1 N–H and O–H groups in total. The maximum atomic E-state index is 12.3. The van der Waals surface area contributed by atoms with Crippen molar-refractivity contribution in [2.45, 2.75) is 25.5 Å². The van der Waals surface area contributed by atoms with Gasteiger partial charge in [-0.1, -0.05) is 11.6 Å². The van der Waals surface area contributed by atoms with Gasteiger partial charge < -0.3 is 19.4 Å². The first-order chi connectivity index (χ1) is 12.7. The van der Waals surface area contributed by atoms with Crippen LogP contribution in [-0.4, -0.2) is 66.2 Å². The van der Waals surface area contributed by atoms with Crippen molar-refractivity contribution in [2.24, 2.45) is 0 Å². The van der Waals surface area contributed by atoms with E-state index in [0.29, 0.717) is 42.7 Å². The molecule has 1 aromatic heterocycles. The number of carbonyl (C=O) groups is 1. The van der Waals surface area contributed by atoms with Gasteiger partial charge in [-0.05, 0) is 25.0 Å². The highest BCUT2D eigenvalue weighted by atomic mass is 35.5. The number of ether oxygens (including phenoxy) is 1. The molecule has 26 heavy (non-hydrogen) atoms. The summed E-state index contributed by atoms with van der Waals surface area (Å²) in [6.45, 7) is 5.04. The van der Waals surface area contributed by atoms with Gasteiger partial charge in [0.1, 0.15) is 5.52 Å². The molecular formula is C18H23ClN4O3. The standard InChI is InChI=1S/C18H23ClN4O3/c19-13-3-4-15-16(10-13)26-17(21-15)12-22-5-7-23(8-6-22)18(24)20-11-14-2-1-9-25-14/h3-4,10,14H,1-2,5-9,11-12H2,(H,20,24). The van der Waals surface area contributed by atoms with Crippen molar-refractivity contribution in [1.82, 2.24) is 20.1 Å². The molecule has 3 heterocycles. The summed E-state index contributed by atoms with van der Waals surface area (Å²) in [6, 6.07) is 5.45. The molecule has 0 saturated carbocycles. The SMILES string of the molecule is O=C(NCC1CCCO1)N1CCN(Cc2nc3ccc(Cl)cc3o2)CC1. The maximum Gasteiger partial charge on any atom is 0.317 e. The van der Waals surface area contributed by atoms with E-state index in [4.69, 9.17) is 20.8 Å². The lowest BCUT2D eigenvalue weighted by Crippen LogP contribution is -2.52. The predicted molar refractivity (Wildman–Crippen MR) is 98.2 cm³/mol. The molecule has 7 nitrogen and oxygen atoms in total. The Bertz CT molecular complexity index is 767. The molecule has 140 valence electrons. The van der Waals surface area contributed by atoms with E-state index in [2.05, 4.69) is 15.2 Å². The van der Waals surface area contributed by atoms with Gasteiger partial charge in [-0.2, -0.15) is 0 Å². The summed E-state index contributed by atoms with van der Waals surface area (Å²) >= 11 is 5.98. The van der Waals surface area contributed by atoms with E-state index in [1.807, 2.05) is 17.0 Å². The van der Waals surface area contributed by atoms with Crippen LogP contribution in [0, 0.1) is 0 Å². The van der Waals surface area contributed by atoms with E-state index in [1.54, 1.807) is 6.07 Å². The Morgan fingerprint density at radius 3 is 2.92 bits per heavy atom. The number of nitrogens with one attached hydrogen (secondary N) is 1. The molecule has 2 fully saturated rings. The number of fused-ring (bicyclic) bond motifs is 1. The average Bonchev–Trinajstić information content (AvgIpc) is 3.29. The van der Waals surface area contributed by atoms with Crippen molar-refractivity contribution < 1.29 is 13.9 Å². The topological polar surface area (TPSA) is 70.8 Å². The third kappa shape index (κ3) is 4.11. The molecule has 2 aromatic rings. The van der Waals surface area contributed by atoms with E-state index in [1.165, 1.54) is 0 Å². The van der Waals surface area contributed by atoms with Crippen LogP contribution in [0.1, 0.15) is 18.7 Å². The first-order valence-electron chi connectivity index (χ1n) is 9.09. The van der Waals surface area contributed by atoms with E-state index >= 15 is 0 Å². The highest BCUT2D eigenvalue weighted by molar-refractivity contribution is 6.31. The minimum absolute atomic E-state index is 0.00310. The number of amides is 2. The molecule has 0 radical (unpaired) electrons. The van der Waals surface area contributed by atoms with Crippen molar-refractivity contribution in [2.75, 3.05) is 39.3 Å². The first kappa shape index (κ1) is 17.6. The largest absolute Gasteiger partial charge is 0.439 e. The molecule has 0 aliphatic carbocycles. The van der Waals surface area contributed by atoms with Gasteiger partial charge in [0.05, 0.1) is 12.6 Å². The Hall–Kier alpha value is -1.83. The minimum atomic E-state index is -0.00310. The summed E-state index contributed by atoms with van der Waals surface area (Å²) in [5.41, 5.74) is 1.52. The van der Waals surface area contributed by atoms with Crippen LogP contribution in [0.2, 0.25) is 5.02 Å². The van der Waals surface area contributed by atoms with Crippen LogP contribution >= 0.6 is 11.6 Å². The quantitative estimate of drug-likeness (QED) is 0.885. The number of hydrogen-bond donors (Lipinski definition) is 1.